The molecule has 0 aliphatic carbocycles. The summed E-state index contributed by atoms with van der Waals surface area (Å²) in [7, 11) is 0. The van der Waals surface area contributed by atoms with Crippen molar-refractivity contribution in [3.05, 3.63) is 0 Å². The molecule has 121 heavy (non-hydrogen) atoms. The molecular formula is C121H262. The van der Waals surface area contributed by atoms with Gasteiger partial charge in [-0.25, -0.2) is 0 Å². The lowest BCUT2D eigenvalue weighted by Gasteiger charge is -2.29. The second-order valence-corrected chi connectivity index (χ2v) is 50.8. The highest BCUT2D eigenvalue weighted by atomic mass is 14.3. The normalized spacial score (nSPS) is 13.4. The van der Waals surface area contributed by atoms with Crippen molar-refractivity contribution in [1.82, 2.24) is 0 Å². The second-order valence-electron chi connectivity index (χ2n) is 50.8. The number of hydrogen-bond acceptors (Lipinski definition) is 0. The van der Waals surface area contributed by atoms with Crippen LogP contribution in [-0.4, -0.2) is 0 Å². The van der Waals surface area contributed by atoms with Crippen molar-refractivity contribution in [2.75, 3.05) is 0 Å². The van der Waals surface area contributed by atoms with E-state index in [2.05, 4.69) is 353 Å². The van der Waals surface area contributed by atoms with Gasteiger partial charge in [0.15, 0.2) is 0 Å². The van der Waals surface area contributed by atoms with Gasteiger partial charge in [-0.3, -0.25) is 0 Å². The van der Waals surface area contributed by atoms with Crippen molar-refractivity contribution < 1.29 is 0 Å². The number of unbranched alkanes of at least 4 members (excludes halogenated alkanes) is 4. The zero-order chi connectivity index (χ0) is 96.5. The van der Waals surface area contributed by atoms with Gasteiger partial charge < -0.3 is 0 Å². The van der Waals surface area contributed by atoms with Crippen molar-refractivity contribution in [2.24, 2.45) is 177 Å². The quantitative estimate of drug-likeness (QED) is 0.0533. The van der Waals surface area contributed by atoms with Crippen molar-refractivity contribution in [3.63, 3.8) is 0 Å². The zero-order valence-corrected chi connectivity index (χ0v) is 96.5. The van der Waals surface area contributed by atoms with Crippen LogP contribution in [0.15, 0.2) is 0 Å². The minimum absolute atomic E-state index is 0.539. The van der Waals surface area contributed by atoms with E-state index in [1.165, 1.54) is 257 Å². The SMILES string of the molecule is CC(C)CCC(C)CCC(C)C.CC(C)CCC(C)CCC(C)C.CC(C)CCC(C)CCC(C)C.CC(C)CCCC(C)CC(C)C.CC(C)CCCCC(C)(C)C(C)C.CC(C)CCCCC(C)C(C)C.CC(C)CCCC[C@@H](C)C(C)C.CC(C)CCCC[C@H](C)C(C)C.CC(C)CCC[C@@H](C)CC(C)C.CC(C)CCC[C@H](C)CC(C)C. The van der Waals surface area contributed by atoms with Gasteiger partial charge in [-0.2, -0.15) is 0 Å². The lowest BCUT2D eigenvalue weighted by molar-refractivity contribution is 0.220. The lowest BCUT2D eigenvalue weighted by atomic mass is 9.77. The van der Waals surface area contributed by atoms with Gasteiger partial charge in [-0.05, 0) is 203 Å². The molecule has 0 spiro atoms. The van der Waals surface area contributed by atoms with Crippen molar-refractivity contribution in [2.45, 2.75) is 610 Å². The molecule has 0 heteroatoms. The molecular weight excluding hydrogens is 1450 g/mol. The number of rotatable bonds is 60. The fourth-order valence-corrected chi connectivity index (χ4v) is 15.0. The summed E-state index contributed by atoms with van der Waals surface area (Å²) in [6.07, 6.45) is 56.5. The Kier molecular flexibility index (Phi) is 112. The topological polar surface area (TPSA) is 0 Å². The average Bonchev–Trinajstić information content (AvgIpc) is 0.906. The van der Waals surface area contributed by atoms with Gasteiger partial charge in [-0.15, -0.1) is 0 Å². The molecule has 0 bridgehead atoms. The minimum atomic E-state index is 0.539. The van der Waals surface area contributed by atoms with Crippen LogP contribution in [0.2, 0.25) is 0 Å². The summed E-state index contributed by atoms with van der Waals surface area (Å²) in [4.78, 5) is 0. The molecule has 0 fully saturated rings. The molecule has 0 saturated carbocycles. The Morgan fingerprint density at radius 2 is 0.281 bits per heavy atom. The average molecular weight is 1720 g/mol. The first-order chi connectivity index (χ1) is 55.6. The van der Waals surface area contributed by atoms with Gasteiger partial charge >= 0.3 is 0 Å². The molecule has 6 atom stereocenters. The molecule has 0 N–H and O–H groups in total. The molecule has 0 aromatic rings. The van der Waals surface area contributed by atoms with Gasteiger partial charge in [0.2, 0.25) is 0 Å². The van der Waals surface area contributed by atoms with Crippen LogP contribution in [-0.2, 0) is 0 Å². The second kappa shape index (κ2) is 96.1. The first-order valence-electron chi connectivity index (χ1n) is 55.6. The molecule has 0 rings (SSSR count). The Morgan fingerprint density at radius 1 is 0.132 bits per heavy atom. The summed E-state index contributed by atoms with van der Waals surface area (Å²) < 4.78 is 0. The van der Waals surface area contributed by atoms with E-state index in [-0.39, 0.29) is 0 Å². The van der Waals surface area contributed by atoms with Gasteiger partial charge in [0.05, 0.1) is 0 Å². The largest absolute Gasteiger partial charge is 0.0628 e. The molecule has 2 unspecified atom stereocenters. The third-order valence-corrected chi connectivity index (χ3v) is 26.4. The lowest BCUT2D eigenvalue weighted by Crippen LogP contribution is -2.18. The van der Waals surface area contributed by atoms with Crippen LogP contribution in [0.5, 0.6) is 0 Å². The maximum Gasteiger partial charge on any atom is -0.0331 e. The molecule has 0 amide bonds. The van der Waals surface area contributed by atoms with Gasteiger partial charge in [0, 0.05) is 0 Å². The van der Waals surface area contributed by atoms with Crippen molar-refractivity contribution >= 4 is 0 Å². The molecule has 0 aromatic carbocycles. The van der Waals surface area contributed by atoms with Gasteiger partial charge in [-0.1, -0.05) is 584 Å². The fraction of sp³-hybridized carbons (Fsp3) is 1.00. The van der Waals surface area contributed by atoms with Crippen LogP contribution >= 0.6 is 0 Å². The molecule has 0 aliphatic heterocycles. The van der Waals surface area contributed by atoms with E-state index in [1.54, 1.807) is 0 Å². The molecule has 0 radical (unpaired) electrons. The summed E-state index contributed by atoms with van der Waals surface area (Å²) in [5.74, 6) is 25.9. The molecule has 746 valence electrons. The van der Waals surface area contributed by atoms with Crippen LogP contribution in [0.3, 0.4) is 0 Å². The predicted molar refractivity (Wildman–Crippen MR) is 578 cm³/mol. The smallest absolute Gasteiger partial charge is 0.0331 e. The Hall–Kier alpha value is 0. The van der Waals surface area contributed by atoms with E-state index in [9.17, 15) is 0 Å². The van der Waals surface area contributed by atoms with Crippen LogP contribution in [0.4, 0.5) is 0 Å². The third kappa shape index (κ3) is 146. The van der Waals surface area contributed by atoms with E-state index in [0.717, 1.165) is 172 Å². The fourth-order valence-electron chi connectivity index (χ4n) is 15.0. The third-order valence-electron chi connectivity index (χ3n) is 26.4. The Bertz CT molecular complexity index is 1610. The monoisotopic (exact) mass is 1720 g/mol. The van der Waals surface area contributed by atoms with E-state index in [4.69, 9.17) is 0 Å². The van der Waals surface area contributed by atoms with Crippen LogP contribution < -0.4 is 0 Å². The minimum Gasteiger partial charge on any atom is -0.0628 e. The van der Waals surface area contributed by atoms with Crippen LogP contribution in [0.25, 0.3) is 0 Å². The standard InChI is InChI=1S/C13H28.9C12H26/c1-11(2)9-7-8-10-13(5,6)12(3)4;3*1-10(2)6-8-12(5)9-7-11(3)4;3*1-10(2)7-6-8-12(5)9-11(3)4;3*1-10(2)8-6-7-9-12(5)11(3)4/h11-12H,7-10H2,1-6H3;9*10-12H,6-9H2,1-5H3/t;;;;2*12-;;2*12-;/m....10.10./s1. The van der Waals surface area contributed by atoms with E-state index < -0.39 is 0 Å². The summed E-state index contributed by atoms with van der Waals surface area (Å²) in [5, 5.41) is 0. The molecule has 0 aliphatic rings. The van der Waals surface area contributed by atoms with E-state index in [1.807, 2.05) is 0 Å². The Labute approximate surface area is 782 Å². The highest BCUT2D eigenvalue weighted by Crippen LogP contribution is 2.33. The summed E-state index contributed by atoms with van der Waals surface area (Å²) >= 11 is 0. The first kappa shape index (κ1) is 141. The van der Waals surface area contributed by atoms with Crippen molar-refractivity contribution in [3.8, 4) is 0 Å². The summed E-state index contributed by atoms with van der Waals surface area (Å²) in [6.45, 7) is 119. The zero-order valence-electron chi connectivity index (χ0n) is 96.5. The summed E-state index contributed by atoms with van der Waals surface area (Å²) in [5.41, 5.74) is 0.539. The first-order valence-corrected chi connectivity index (χ1v) is 55.6. The highest BCUT2D eigenvalue weighted by molar-refractivity contribution is 4.73. The molecule has 0 heterocycles. The van der Waals surface area contributed by atoms with Crippen LogP contribution in [0.1, 0.15) is 610 Å². The summed E-state index contributed by atoms with van der Waals surface area (Å²) in [6, 6.07) is 0. The van der Waals surface area contributed by atoms with Crippen LogP contribution in [0, 0.1) is 177 Å². The Balaban J connectivity index is -0.000000141. The van der Waals surface area contributed by atoms with E-state index >= 15 is 0 Å². The van der Waals surface area contributed by atoms with Gasteiger partial charge in [0.1, 0.15) is 0 Å². The Morgan fingerprint density at radius 3 is 0.421 bits per heavy atom. The highest BCUT2D eigenvalue weighted by Gasteiger charge is 2.22. The van der Waals surface area contributed by atoms with Crippen molar-refractivity contribution in [1.29, 1.82) is 0 Å². The predicted octanol–water partition coefficient (Wildman–Crippen LogP) is 45.3. The maximum absolute atomic E-state index is 2.40. The van der Waals surface area contributed by atoms with Gasteiger partial charge in [0.25, 0.3) is 0 Å². The molecule has 0 aromatic heterocycles. The van der Waals surface area contributed by atoms with E-state index in [0.29, 0.717) is 5.41 Å². The maximum atomic E-state index is 2.40. The molecule has 0 nitrogen and oxygen atoms in total. The molecule has 0 saturated heterocycles. The number of hydrogen-bond donors (Lipinski definition) is 0.